The van der Waals surface area contributed by atoms with Gasteiger partial charge in [-0.3, -0.25) is 4.79 Å². The fourth-order valence-electron chi connectivity index (χ4n) is 3.11. The Labute approximate surface area is 169 Å². The lowest BCUT2D eigenvalue weighted by molar-refractivity contribution is 0.0303. The number of thiophene rings is 1. The van der Waals surface area contributed by atoms with Gasteiger partial charge in [0.2, 0.25) is 0 Å². The maximum absolute atomic E-state index is 12.5. The molecule has 1 saturated heterocycles. The van der Waals surface area contributed by atoms with Gasteiger partial charge in [0, 0.05) is 29.2 Å². The van der Waals surface area contributed by atoms with Gasteiger partial charge in [-0.1, -0.05) is 26.8 Å². The molecule has 1 aliphatic heterocycles. The molecule has 28 heavy (non-hydrogen) atoms. The molecule has 3 rings (SSSR count). The Morgan fingerprint density at radius 1 is 1.11 bits per heavy atom. The summed E-state index contributed by atoms with van der Waals surface area (Å²) in [6.45, 7) is 8.67. The highest BCUT2D eigenvalue weighted by Gasteiger charge is 2.28. The first kappa shape index (κ1) is 20.4. The summed E-state index contributed by atoms with van der Waals surface area (Å²) in [5.41, 5.74) is 1.14. The van der Waals surface area contributed by atoms with Crippen molar-refractivity contribution in [2.24, 2.45) is 5.41 Å². The van der Waals surface area contributed by atoms with E-state index >= 15 is 0 Å². The van der Waals surface area contributed by atoms with Crippen molar-refractivity contribution in [1.29, 1.82) is 0 Å². The third-order valence-electron chi connectivity index (χ3n) is 4.66. The van der Waals surface area contributed by atoms with Gasteiger partial charge in [-0.2, -0.15) is 0 Å². The van der Waals surface area contributed by atoms with Crippen LogP contribution in [0.25, 0.3) is 0 Å². The van der Waals surface area contributed by atoms with Crippen LogP contribution in [-0.4, -0.2) is 43.1 Å². The molecule has 1 atom stereocenters. The predicted molar refractivity (Wildman–Crippen MR) is 112 cm³/mol. The van der Waals surface area contributed by atoms with Crippen LogP contribution < -0.4 is 10.6 Å². The zero-order chi connectivity index (χ0) is 20.1. The molecule has 2 heterocycles. The Morgan fingerprint density at radius 3 is 2.36 bits per heavy atom. The monoisotopic (exact) mass is 401 g/mol. The third kappa shape index (κ3) is 5.11. The average Bonchev–Trinajstić information content (AvgIpc) is 3.20. The summed E-state index contributed by atoms with van der Waals surface area (Å²) in [6.07, 6.45) is 0. The number of carbonyl (C=O) groups is 2. The van der Waals surface area contributed by atoms with Crippen molar-refractivity contribution < 1.29 is 14.3 Å². The second-order valence-corrected chi connectivity index (χ2v) is 8.87. The lowest BCUT2D eigenvalue weighted by Crippen LogP contribution is -2.40. The van der Waals surface area contributed by atoms with E-state index in [0.29, 0.717) is 37.6 Å². The normalized spacial score (nSPS) is 15.8. The molecule has 3 amide bonds. The van der Waals surface area contributed by atoms with Crippen molar-refractivity contribution in [3.8, 4) is 0 Å². The van der Waals surface area contributed by atoms with Crippen LogP contribution in [-0.2, 0) is 4.74 Å². The summed E-state index contributed by atoms with van der Waals surface area (Å²) in [6, 6.07) is 10.7. The topological polar surface area (TPSA) is 70.7 Å². The first-order valence-electron chi connectivity index (χ1n) is 9.42. The number of rotatable bonds is 4. The minimum atomic E-state index is -0.263. The van der Waals surface area contributed by atoms with E-state index in [2.05, 4.69) is 31.4 Å². The number of hydrogen-bond acceptors (Lipinski definition) is 4. The fraction of sp³-hybridized carbons (Fsp3) is 0.429. The Morgan fingerprint density at radius 2 is 1.79 bits per heavy atom. The number of nitrogens with zero attached hydrogens (tertiary/aromatic N) is 1. The van der Waals surface area contributed by atoms with E-state index in [1.165, 1.54) is 0 Å². The second kappa shape index (κ2) is 8.75. The molecule has 1 unspecified atom stereocenters. The van der Waals surface area contributed by atoms with Gasteiger partial charge in [-0.15, -0.1) is 11.3 Å². The Hall–Kier alpha value is -2.38. The molecule has 1 fully saturated rings. The molecular weight excluding hydrogens is 374 g/mol. The Balaban J connectivity index is 1.61. The van der Waals surface area contributed by atoms with Gasteiger partial charge in [0.05, 0.1) is 19.3 Å². The molecule has 2 aromatic rings. The highest BCUT2D eigenvalue weighted by molar-refractivity contribution is 7.10. The van der Waals surface area contributed by atoms with Gasteiger partial charge >= 0.3 is 6.03 Å². The van der Waals surface area contributed by atoms with Gasteiger partial charge in [0.1, 0.15) is 0 Å². The van der Waals surface area contributed by atoms with Crippen molar-refractivity contribution in [2.75, 3.05) is 31.6 Å². The molecule has 6 nitrogen and oxygen atoms in total. The van der Waals surface area contributed by atoms with Gasteiger partial charge in [0.25, 0.3) is 5.91 Å². The molecule has 7 heteroatoms. The third-order valence-corrected chi connectivity index (χ3v) is 5.59. The fourth-order valence-corrected chi connectivity index (χ4v) is 4.13. The zero-order valence-corrected chi connectivity index (χ0v) is 17.3. The van der Waals surface area contributed by atoms with E-state index in [0.717, 1.165) is 4.88 Å². The summed E-state index contributed by atoms with van der Waals surface area (Å²) < 4.78 is 5.28. The van der Waals surface area contributed by atoms with Crippen molar-refractivity contribution in [2.45, 2.75) is 26.8 Å². The molecule has 0 spiro atoms. The van der Waals surface area contributed by atoms with Crippen LogP contribution in [0, 0.1) is 5.41 Å². The van der Waals surface area contributed by atoms with Crippen LogP contribution in [0.3, 0.4) is 0 Å². The highest BCUT2D eigenvalue weighted by Crippen LogP contribution is 2.35. The van der Waals surface area contributed by atoms with Crippen LogP contribution in [0.2, 0.25) is 0 Å². The Bertz CT molecular complexity index is 791. The molecule has 0 saturated carbocycles. The zero-order valence-electron chi connectivity index (χ0n) is 16.5. The SMILES string of the molecule is CC(C)(C)C(NC(=O)Nc1ccc(C(=O)N2CCOCC2)cc1)c1cccs1. The van der Waals surface area contributed by atoms with Crippen molar-refractivity contribution in [3.63, 3.8) is 0 Å². The molecule has 2 N–H and O–H groups in total. The summed E-state index contributed by atoms with van der Waals surface area (Å²) >= 11 is 1.63. The summed E-state index contributed by atoms with van der Waals surface area (Å²) in [4.78, 5) is 27.9. The molecule has 1 aliphatic rings. The van der Waals surface area contributed by atoms with E-state index in [1.54, 1.807) is 40.5 Å². The average molecular weight is 402 g/mol. The lowest BCUT2D eigenvalue weighted by Gasteiger charge is -2.30. The number of carbonyl (C=O) groups excluding carboxylic acids is 2. The number of ether oxygens (including phenoxy) is 1. The van der Waals surface area contributed by atoms with E-state index in [4.69, 9.17) is 4.74 Å². The van der Waals surface area contributed by atoms with E-state index < -0.39 is 0 Å². The van der Waals surface area contributed by atoms with Crippen LogP contribution in [0.1, 0.15) is 42.0 Å². The number of amides is 3. The first-order valence-corrected chi connectivity index (χ1v) is 10.3. The van der Waals surface area contributed by atoms with Crippen molar-refractivity contribution >= 4 is 29.0 Å². The van der Waals surface area contributed by atoms with Gasteiger partial charge in [0.15, 0.2) is 0 Å². The molecule has 1 aromatic heterocycles. The number of anilines is 1. The van der Waals surface area contributed by atoms with Gasteiger partial charge in [-0.05, 0) is 41.1 Å². The van der Waals surface area contributed by atoms with Crippen LogP contribution in [0.5, 0.6) is 0 Å². The largest absolute Gasteiger partial charge is 0.378 e. The first-order chi connectivity index (χ1) is 13.3. The number of nitrogens with one attached hydrogen (secondary N) is 2. The lowest BCUT2D eigenvalue weighted by atomic mass is 9.86. The quantitative estimate of drug-likeness (QED) is 0.809. The number of urea groups is 1. The van der Waals surface area contributed by atoms with Gasteiger partial charge < -0.3 is 20.3 Å². The molecular formula is C21H27N3O3S. The van der Waals surface area contributed by atoms with Crippen molar-refractivity contribution in [1.82, 2.24) is 10.2 Å². The van der Waals surface area contributed by atoms with Crippen molar-refractivity contribution in [3.05, 3.63) is 52.2 Å². The summed E-state index contributed by atoms with van der Waals surface area (Å²) in [7, 11) is 0. The molecule has 0 radical (unpaired) electrons. The maximum atomic E-state index is 12.5. The van der Waals surface area contributed by atoms with Crippen LogP contribution in [0.15, 0.2) is 41.8 Å². The van der Waals surface area contributed by atoms with E-state index in [-0.39, 0.29) is 23.4 Å². The van der Waals surface area contributed by atoms with Crippen LogP contribution >= 0.6 is 11.3 Å². The Kier molecular flexibility index (Phi) is 6.36. The van der Waals surface area contributed by atoms with E-state index in [1.807, 2.05) is 17.5 Å². The molecule has 150 valence electrons. The number of morpholine rings is 1. The second-order valence-electron chi connectivity index (χ2n) is 7.89. The highest BCUT2D eigenvalue weighted by atomic mass is 32.1. The molecule has 0 aliphatic carbocycles. The molecule has 0 bridgehead atoms. The summed E-state index contributed by atoms with van der Waals surface area (Å²) in [5, 5.41) is 7.94. The van der Waals surface area contributed by atoms with Crippen LogP contribution in [0.4, 0.5) is 10.5 Å². The maximum Gasteiger partial charge on any atom is 0.319 e. The minimum absolute atomic E-state index is 0.00945. The number of hydrogen-bond donors (Lipinski definition) is 2. The predicted octanol–water partition coefficient (Wildman–Crippen LogP) is 4.13. The molecule has 1 aromatic carbocycles. The minimum Gasteiger partial charge on any atom is -0.378 e. The smallest absolute Gasteiger partial charge is 0.319 e. The van der Waals surface area contributed by atoms with Gasteiger partial charge in [-0.25, -0.2) is 4.79 Å². The summed E-state index contributed by atoms with van der Waals surface area (Å²) in [5.74, 6) is -0.00945. The standard InChI is InChI=1S/C21H27N3O3S/c1-21(2,3)18(17-5-4-14-28-17)23-20(26)22-16-8-6-15(7-9-16)19(25)24-10-12-27-13-11-24/h4-9,14,18H,10-13H2,1-3H3,(H2,22,23,26). The van der Waals surface area contributed by atoms with E-state index in [9.17, 15) is 9.59 Å². The number of benzene rings is 1.